The van der Waals surface area contributed by atoms with Crippen molar-refractivity contribution in [2.75, 3.05) is 6.61 Å². The van der Waals surface area contributed by atoms with E-state index in [0.717, 1.165) is 11.1 Å². The van der Waals surface area contributed by atoms with Gasteiger partial charge in [0.25, 0.3) is 0 Å². The monoisotopic (exact) mass is 472 g/mol. The van der Waals surface area contributed by atoms with Crippen LogP contribution in [0.3, 0.4) is 0 Å². The zero-order valence-corrected chi connectivity index (χ0v) is 19.3. The lowest BCUT2D eigenvalue weighted by Gasteiger charge is -2.26. The minimum Gasteiger partial charge on any atom is -0.478 e. The van der Waals surface area contributed by atoms with Gasteiger partial charge in [-0.2, -0.15) is 0 Å². The second-order valence-corrected chi connectivity index (χ2v) is 9.35. The fourth-order valence-electron chi connectivity index (χ4n) is 5.32. The Balaban J connectivity index is 1.13. The Kier molecular flexibility index (Phi) is 6.40. The van der Waals surface area contributed by atoms with E-state index in [1.165, 1.54) is 11.1 Å². The van der Waals surface area contributed by atoms with Crippen molar-refractivity contribution in [3.05, 3.63) is 83.5 Å². The van der Waals surface area contributed by atoms with E-state index in [9.17, 15) is 14.4 Å². The molecule has 0 saturated carbocycles. The molecular weight excluding hydrogens is 444 g/mol. The Morgan fingerprint density at radius 3 is 2.29 bits per heavy atom. The van der Waals surface area contributed by atoms with Crippen LogP contribution in [0.1, 0.15) is 42.7 Å². The largest absolute Gasteiger partial charge is 0.478 e. The SMILES string of the molecule is O=C(N[C@@H]1C=CC[C@@H](C(=O)NC2CC=C(C(=O)O)C2)C1)OCC1c2ccccc2-c2ccccc21. The molecule has 0 heterocycles. The van der Waals surface area contributed by atoms with Crippen LogP contribution in [0.5, 0.6) is 0 Å². The summed E-state index contributed by atoms with van der Waals surface area (Å²) in [5.74, 6) is -1.34. The van der Waals surface area contributed by atoms with Crippen molar-refractivity contribution in [2.24, 2.45) is 5.92 Å². The lowest BCUT2D eigenvalue weighted by atomic mass is 9.90. The van der Waals surface area contributed by atoms with Crippen molar-refractivity contribution >= 4 is 18.0 Å². The van der Waals surface area contributed by atoms with Gasteiger partial charge in [-0.25, -0.2) is 9.59 Å². The van der Waals surface area contributed by atoms with Gasteiger partial charge >= 0.3 is 12.1 Å². The fraction of sp³-hybridized carbons (Fsp3) is 0.321. The summed E-state index contributed by atoms with van der Waals surface area (Å²) in [6, 6.07) is 15.9. The molecule has 0 aliphatic heterocycles. The molecule has 0 radical (unpaired) electrons. The molecule has 3 aliphatic carbocycles. The predicted molar refractivity (Wildman–Crippen MR) is 131 cm³/mol. The summed E-state index contributed by atoms with van der Waals surface area (Å²) >= 11 is 0. The van der Waals surface area contributed by atoms with Crippen LogP contribution in [-0.2, 0) is 14.3 Å². The number of rotatable bonds is 6. The number of hydrogen-bond acceptors (Lipinski definition) is 4. The van der Waals surface area contributed by atoms with Crippen molar-refractivity contribution in [3.63, 3.8) is 0 Å². The average molecular weight is 473 g/mol. The van der Waals surface area contributed by atoms with Crippen LogP contribution in [-0.4, -0.2) is 41.8 Å². The summed E-state index contributed by atoms with van der Waals surface area (Å²) in [6.45, 7) is 0.237. The first-order valence-corrected chi connectivity index (χ1v) is 12.0. The number of carbonyl (C=O) groups excluding carboxylic acids is 2. The van der Waals surface area contributed by atoms with E-state index in [-0.39, 0.29) is 36.4 Å². The number of allylic oxidation sites excluding steroid dienone is 1. The summed E-state index contributed by atoms with van der Waals surface area (Å²) in [5, 5.41) is 14.9. The van der Waals surface area contributed by atoms with Crippen LogP contribution in [0.25, 0.3) is 11.1 Å². The number of aliphatic carboxylic acids is 1. The summed E-state index contributed by atoms with van der Waals surface area (Å²) in [7, 11) is 0. The minimum absolute atomic E-state index is 0.00992. The number of carbonyl (C=O) groups is 3. The van der Waals surface area contributed by atoms with Crippen molar-refractivity contribution in [3.8, 4) is 11.1 Å². The Bertz CT molecular complexity index is 1170. The third kappa shape index (κ3) is 4.85. The van der Waals surface area contributed by atoms with Gasteiger partial charge in [0.2, 0.25) is 5.91 Å². The highest BCUT2D eigenvalue weighted by molar-refractivity contribution is 5.88. The molecule has 0 bridgehead atoms. The Morgan fingerprint density at radius 2 is 1.63 bits per heavy atom. The molecule has 0 aromatic heterocycles. The molecule has 2 aromatic rings. The average Bonchev–Trinajstić information content (AvgIpc) is 3.46. The Hall–Kier alpha value is -3.87. The van der Waals surface area contributed by atoms with Crippen LogP contribution in [0.2, 0.25) is 0 Å². The van der Waals surface area contributed by atoms with Gasteiger partial charge in [-0.15, -0.1) is 0 Å². The standard InChI is InChI=1S/C28H28N2O5/c31-26(29-20-13-12-18(15-20)27(32)33)17-6-5-7-19(14-17)30-28(34)35-16-25-23-10-3-1-8-21(23)22-9-2-4-11-24(22)25/h1-5,7-12,17,19-20,25H,6,13-16H2,(H,29,31)(H,30,34)(H,32,33)/t17-,19-,20?/m1/s1. The molecule has 180 valence electrons. The van der Waals surface area contributed by atoms with Gasteiger partial charge in [0, 0.05) is 23.5 Å². The minimum atomic E-state index is -0.935. The molecule has 0 saturated heterocycles. The second-order valence-electron chi connectivity index (χ2n) is 9.35. The molecular formula is C28H28N2O5. The Labute approximate surface area is 203 Å². The first-order valence-electron chi connectivity index (χ1n) is 12.0. The molecule has 0 fully saturated rings. The zero-order chi connectivity index (χ0) is 24.4. The van der Waals surface area contributed by atoms with Gasteiger partial charge in [-0.05, 0) is 47.9 Å². The molecule has 0 spiro atoms. The summed E-state index contributed by atoms with van der Waals surface area (Å²) in [4.78, 5) is 36.4. The normalized spacial score (nSPS) is 22.6. The molecule has 35 heavy (non-hydrogen) atoms. The predicted octanol–water partition coefficient (Wildman–Crippen LogP) is 4.15. The van der Waals surface area contributed by atoms with Crippen LogP contribution in [0, 0.1) is 5.92 Å². The number of ether oxygens (including phenoxy) is 1. The molecule has 7 nitrogen and oxygen atoms in total. The number of carboxylic acid groups (broad SMARTS) is 1. The summed E-state index contributed by atoms with van der Waals surface area (Å²) < 4.78 is 5.63. The van der Waals surface area contributed by atoms with Crippen LogP contribution < -0.4 is 10.6 Å². The van der Waals surface area contributed by atoms with E-state index in [4.69, 9.17) is 9.84 Å². The number of amides is 2. The van der Waals surface area contributed by atoms with E-state index in [2.05, 4.69) is 34.9 Å². The summed E-state index contributed by atoms with van der Waals surface area (Å²) in [5.41, 5.74) is 5.00. The van der Waals surface area contributed by atoms with Gasteiger partial charge in [-0.1, -0.05) is 66.8 Å². The molecule has 3 atom stereocenters. The number of fused-ring (bicyclic) bond motifs is 3. The molecule has 1 unspecified atom stereocenters. The van der Waals surface area contributed by atoms with Crippen molar-refractivity contribution in [1.29, 1.82) is 0 Å². The number of nitrogens with one attached hydrogen (secondary N) is 2. The van der Waals surface area contributed by atoms with E-state index >= 15 is 0 Å². The molecule has 7 heteroatoms. The van der Waals surface area contributed by atoms with Crippen LogP contribution in [0.15, 0.2) is 72.3 Å². The molecule has 5 rings (SSSR count). The van der Waals surface area contributed by atoms with Crippen molar-refractivity contribution in [2.45, 2.75) is 43.7 Å². The first-order chi connectivity index (χ1) is 17.0. The fourth-order valence-corrected chi connectivity index (χ4v) is 5.32. The van der Waals surface area contributed by atoms with Crippen molar-refractivity contribution in [1.82, 2.24) is 10.6 Å². The molecule has 2 aromatic carbocycles. The second kappa shape index (κ2) is 9.78. The maximum atomic E-state index is 12.7. The highest BCUT2D eigenvalue weighted by Crippen LogP contribution is 2.44. The smallest absolute Gasteiger partial charge is 0.407 e. The lowest BCUT2D eigenvalue weighted by molar-refractivity contribution is -0.133. The zero-order valence-electron chi connectivity index (χ0n) is 19.3. The van der Waals surface area contributed by atoms with E-state index in [1.54, 1.807) is 6.08 Å². The molecule has 3 N–H and O–H groups in total. The maximum absolute atomic E-state index is 12.7. The number of hydrogen-bond donors (Lipinski definition) is 3. The third-order valence-electron chi connectivity index (χ3n) is 7.08. The van der Waals surface area contributed by atoms with Gasteiger partial charge < -0.3 is 20.5 Å². The highest BCUT2D eigenvalue weighted by Gasteiger charge is 2.31. The first kappa shape index (κ1) is 22.9. The van der Waals surface area contributed by atoms with Crippen molar-refractivity contribution < 1.29 is 24.2 Å². The number of benzene rings is 2. The van der Waals surface area contributed by atoms with E-state index in [1.807, 2.05) is 36.4 Å². The Morgan fingerprint density at radius 1 is 0.943 bits per heavy atom. The van der Waals surface area contributed by atoms with Gasteiger partial charge in [0.05, 0.1) is 6.04 Å². The van der Waals surface area contributed by atoms with Gasteiger partial charge in [0.1, 0.15) is 6.61 Å². The van der Waals surface area contributed by atoms with Crippen LogP contribution >= 0.6 is 0 Å². The summed E-state index contributed by atoms with van der Waals surface area (Å²) in [6.07, 6.45) is 6.87. The number of carboxylic acids is 1. The van der Waals surface area contributed by atoms with E-state index in [0.29, 0.717) is 31.3 Å². The van der Waals surface area contributed by atoms with Gasteiger partial charge in [-0.3, -0.25) is 4.79 Å². The maximum Gasteiger partial charge on any atom is 0.407 e. The number of alkyl carbamates (subject to hydrolysis) is 1. The lowest BCUT2D eigenvalue weighted by Crippen LogP contribution is -2.43. The molecule has 2 amide bonds. The quantitative estimate of drug-likeness (QED) is 0.548. The molecule has 3 aliphatic rings. The third-order valence-corrected chi connectivity index (χ3v) is 7.08. The van der Waals surface area contributed by atoms with Crippen LogP contribution in [0.4, 0.5) is 4.79 Å². The topological polar surface area (TPSA) is 105 Å². The highest BCUT2D eigenvalue weighted by atomic mass is 16.5. The van der Waals surface area contributed by atoms with E-state index < -0.39 is 12.1 Å². The van der Waals surface area contributed by atoms with Gasteiger partial charge in [0.15, 0.2) is 0 Å².